The number of ether oxygens (including phenoxy) is 1. The quantitative estimate of drug-likeness (QED) is 0.360. The van der Waals surface area contributed by atoms with Crippen molar-refractivity contribution in [1.82, 2.24) is 14.5 Å². The summed E-state index contributed by atoms with van der Waals surface area (Å²) in [6.45, 7) is 4.28. The van der Waals surface area contributed by atoms with Crippen LogP contribution in [0.2, 0.25) is 5.02 Å². The molecule has 0 aliphatic carbocycles. The average Bonchev–Trinajstić information content (AvgIpc) is 3.32. The van der Waals surface area contributed by atoms with E-state index in [0.29, 0.717) is 47.3 Å². The molecule has 0 N–H and O–H groups in total. The number of aromatic nitrogens is 2. The lowest BCUT2D eigenvalue weighted by molar-refractivity contribution is -0.128. The molecule has 1 fully saturated rings. The summed E-state index contributed by atoms with van der Waals surface area (Å²) in [5.41, 5.74) is 1.49. The van der Waals surface area contributed by atoms with E-state index in [1.807, 2.05) is 42.2 Å². The van der Waals surface area contributed by atoms with Gasteiger partial charge in [-0.2, -0.15) is 0 Å². The van der Waals surface area contributed by atoms with Gasteiger partial charge in [0.15, 0.2) is 5.16 Å². The lowest BCUT2D eigenvalue weighted by Gasteiger charge is -2.21. The van der Waals surface area contributed by atoms with Crippen LogP contribution in [0, 0.1) is 0 Å². The van der Waals surface area contributed by atoms with E-state index in [1.54, 1.807) is 22.8 Å². The first kappa shape index (κ1) is 22.8. The van der Waals surface area contributed by atoms with E-state index < -0.39 is 0 Å². The molecule has 1 atom stereocenters. The molecule has 2 aromatic carbocycles. The van der Waals surface area contributed by atoms with Gasteiger partial charge in [0.2, 0.25) is 5.91 Å². The fourth-order valence-corrected chi connectivity index (χ4v) is 4.91. The molecule has 0 spiro atoms. The fourth-order valence-electron chi connectivity index (χ4n) is 3.83. The van der Waals surface area contributed by atoms with Crippen LogP contribution in [0.1, 0.15) is 25.3 Å². The van der Waals surface area contributed by atoms with E-state index in [9.17, 15) is 9.59 Å². The van der Waals surface area contributed by atoms with Crippen LogP contribution in [0.15, 0.2) is 58.5 Å². The summed E-state index contributed by atoms with van der Waals surface area (Å²) in [5.74, 6) is 0.204. The van der Waals surface area contributed by atoms with Crippen molar-refractivity contribution in [2.45, 2.75) is 44.1 Å². The van der Waals surface area contributed by atoms with Crippen LogP contribution in [-0.4, -0.2) is 45.4 Å². The maximum absolute atomic E-state index is 13.2. The molecule has 1 aliphatic rings. The first-order valence-corrected chi connectivity index (χ1v) is 12.2. The normalized spacial score (nSPS) is 15.9. The van der Waals surface area contributed by atoms with Crippen molar-refractivity contribution in [3.05, 3.63) is 69.5 Å². The second kappa shape index (κ2) is 10.5. The summed E-state index contributed by atoms with van der Waals surface area (Å²) >= 11 is 7.42. The van der Waals surface area contributed by atoms with Crippen LogP contribution >= 0.6 is 23.4 Å². The average molecular weight is 472 g/mol. The van der Waals surface area contributed by atoms with Crippen molar-refractivity contribution in [2.75, 3.05) is 18.9 Å². The van der Waals surface area contributed by atoms with Gasteiger partial charge in [0.25, 0.3) is 5.56 Å². The Morgan fingerprint density at radius 2 is 2.09 bits per heavy atom. The summed E-state index contributed by atoms with van der Waals surface area (Å²) in [6.07, 6.45) is 1.89. The number of rotatable bonds is 8. The van der Waals surface area contributed by atoms with E-state index in [4.69, 9.17) is 21.3 Å². The van der Waals surface area contributed by atoms with Crippen LogP contribution in [0.4, 0.5) is 0 Å². The Kier molecular flexibility index (Phi) is 7.50. The summed E-state index contributed by atoms with van der Waals surface area (Å²) in [4.78, 5) is 32.7. The zero-order valence-electron chi connectivity index (χ0n) is 18.0. The zero-order chi connectivity index (χ0) is 22.5. The molecule has 1 unspecified atom stereocenters. The van der Waals surface area contributed by atoms with E-state index in [2.05, 4.69) is 0 Å². The van der Waals surface area contributed by atoms with Crippen molar-refractivity contribution >= 4 is 40.2 Å². The number of carbonyl (C=O) groups is 1. The molecule has 1 saturated heterocycles. The van der Waals surface area contributed by atoms with E-state index >= 15 is 0 Å². The van der Waals surface area contributed by atoms with Gasteiger partial charge in [0.1, 0.15) is 0 Å². The van der Waals surface area contributed by atoms with Gasteiger partial charge in [-0.15, -0.1) is 0 Å². The summed E-state index contributed by atoms with van der Waals surface area (Å²) < 4.78 is 7.40. The van der Waals surface area contributed by atoms with E-state index in [-0.39, 0.29) is 23.3 Å². The van der Waals surface area contributed by atoms with Crippen molar-refractivity contribution in [3.8, 4) is 0 Å². The zero-order valence-corrected chi connectivity index (χ0v) is 19.6. The van der Waals surface area contributed by atoms with Crippen molar-refractivity contribution in [1.29, 1.82) is 0 Å². The van der Waals surface area contributed by atoms with Crippen LogP contribution < -0.4 is 5.56 Å². The molecule has 3 aromatic rings. The summed E-state index contributed by atoms with van der Waals surface area (Å²) in [7, 11) is 0. The fraction of sp³-hybridized carbons (Fsp3) is 0.375. The smallest absolute Gasteiger partial charge is 0.262 e. The molecule has 1 aromatic heterocycles. The number of benzene rings is 2. The molecule has 6 nitrogen and oxygen atoms in total. The van der Waals surface area contributed by atoms with Gasteiger partial charge in [0, 0.05) is 24.7 Å². The second-order valence-electron chi connectivity index (χ2n) is 7.79. The molecule has 4 rings (SSSR count). The van der Waals surface area contributed by atoms with Crippen LogP contribution in [0.5, 0.6) is 0 Å². The SMILES string of the molecule is CCN(Cc1ccccc1)C(=O)CSc1nc2cc(Cl)ccc2c(=O)n1CC1CCCO1. The third-order valence-electron chi connectivity index (χ3n) is 5.57. The number of fused-ring (bicyclic) bond motifs is 1. The lowest BCUT2D eigenvalue weighted by atomic mass is 10.2. The third kappa shape index (κ3) is 5.34. The van der Waals surface area contributed by atoms with Gasteiger partial charge in [-0.1, -0.05) is 53.7 Å². The number of hydrogen-bond acceptors (Lipinski definition) is 5. The molecule has 1 amide bonds. The van der Waals surface area contributed by atoms with Crippen molar-refractivity contribution in [3.63, 3.8) is 0 Å². The third-order valence-corrected chi connectivity index (χ3v) is 6.76. The Bertz CT molecular complexity index is 1150. The van der Waals surface area contributed by atoms with Crippen LogP contribution in [-0.2, 0) is 22.6 Å². The van der Waals surface area contributed by atoms with Gasteiger partial charge in [-0.25, -0.2) is 4.98 Å². The van der Waals surface area contributed by atoms with Gasteiger partial charge < -0.3 is 9.64 Å². The minimum absolute atomic E-state index is 0.00506. The molecule has 0 bridgehead atoms. The Hall–Kier alpha value is -2.35. The molecule has 2 heterocycles. The molecule has 0 saturated carbocycles. The lowest BCUT2D eigenvalue weighted by Crippen LogP contribution is -2.32. The largest absolute Gasteiger partial charge is 0.376 e. The van der Waals surface area contributed by atoms with Gasteiger partial charge in [-0.05, 0) is 43.5 Å². The highest BCUT2D eigenvalue weighted by atomic mass is 35.5. The highest BCUT2D eigenvalue weighted by molar-refractivity contribution is 7.99. The van der Waals surface area contributed by atoms with Crippen molar-refractivity contribution in [2.24, 2.45) is 0 Å². The van der Waals surface area contributed by atoms with Crippen molar-refractivity contribution < 1.29 is 9.53 Å². The summed E-state index contributed by atoms with van der Waals surface area (Å²) in [5, 5.41) is 1.56. The van der Waals surface area contributed by atoms with E-state index in [0.717, 1.165) is 18.4 Å². The number of amides is 1. The first-order valence-electron chi connectivity index (χ1n) is 10.8. The predicted molar refractivity (Wildman–Crippen MR) is 128 cm³/mol. The number of carbonyl (C=O) groups excluding carboxylic acids is 1. The Morgan fingerprint density at radius 3 is 2.81 bits per heavy atom. The minimum Gasteiger partial charge on any atom is -0.376 e. The maximum atomic E-state index is 13.2. The Balaban J connectivity index is 1.57. The molecule has 0 radical (unpaired) electrons. The van der Waals surface area contributed by atoms with Gasteiger partial charge in [0.05, 0.1) is 29.3 Å². The molecule has 168 valence electrons. The Morgan fingerprint density at radius 1 is 1.28 bits per heavy atom. The molecule has 32 heavy (non-hydrogen) atoms. The highest BCUT2D eigenvalue weighted by Gasteiger charge is 2.21. The molecular weight excluding hydrogens is 446 g/mol. The Labute approximate surface area is 196 Å². The second-order valence-corrected chi connectivity index (χ2v) is 9.17. The van der Waals surface area contributed by atoms with Gasteiger partial charge in [-0.3, -0.25) is 14.2 Å². The maximum Gasteiger partial charge on any atom is 0.262 e. The van der Waals surface area contributed by atoms with Crippen LogP contribution in [0.3, 0.4) is 0 Å². The minimum atomic E-state index is -0.131. The standard InChI is InChI=1S/C24H26ClN3O3S/c1-2-27(14-17-7-4-3-5-8-17)22(29)16-32-24-26-21-13-18(25)10-11-20(21)23(30)28(24)15-19-9-6-12-31-19/h3-5,7-8,10-11,13,19H,2,6,9,12,14-16H2,1H3. The number of halogens is 1. The molecule has 1 aliphatic heterocycles. The monoisotopic (exact) mass is 471 g/mol. The summed E-state index contributed by atoms with van der Waals surface area (Å²) in [6, 6.07) is 15.0. The topological polar surface area (TPSA) is 64.4 Å². The van der Waals surface area contributed by atoms with Crippen LogP contribution in [0.25, 0.3) is 10.9 Å². The predicted octanol–water partition coefficient (Wildman–Crippen LogP) is 4.37. The highest BCUT2D eigenvalue weighted by Crippen LogP contribution is 2.23. The van der Waals surface area contributed by atoms with E-state index in [1.165, 1.54) is 11.8 Å². The molecular formula is C24H26ClN3O3S. The first-order chi connectivity index (χ1) is 15.5. The van der Waals surface area contributed by atoms with Gasteiger partial charge >= 0.3 is 0 Å². The molecule has 8 heteroatoms. The number of nitrogens with zero attached hydrogens (tertiary/aromatic N) is 3. The number of thioether (sulfide) groups is 1. The number of hydrogen-bond donors (Lipinski definition) is 0.